The summed E-state index contributed by atoms with van der Waals surface area (Å²) < 4.78 is 54.5. The number of hydrogen-bond donors (Lipinski definition) is 3. The van der Waals surface area contributed by atoms with E-state index in [1.165, 1.54) is 43.5 Å². The lowest BCUT2D eigenvalue weighted by molar-refractivity contribution is -0.138. The van der Waals surface area contributed by atoms with Gasteiger partial charge in [-0.25, -0.2) is 9.38 Å². The Kier molecular flexibility index (Phi) is 9.31. The van der Waals surface area contributed by atoms with Gasteiger partial charge in [0.2, 0.25) is 0 Å². The molecule has 2 aliphatic heterocycles. The monoisotopic (exact) mass is 502 g/mol. The number of nitrogens with zero attached hydrogens (tertiary/aromatic N) is 1. The molecule has 0 spiro atoms. The fourth-order valence-corrected chi connectivity index (χ4v) is 4.22. The van der Waals surface area contributed by atoms with Gasteiger partial charge in [0.05, 0.1) is 5.56 Å². The molecule has 2 aliphatic rings. The number of hydrogen-bond acceptors (Lipinski definition) is 4. The van der Waals surface area contributed by atoms with Crippen molar-refractivity contribution in [2.75, 3.05) is 13.1 Å². The molecule has 1 unspecified atom stereocenters. The molecule has 0 aromatic heterocycles. The summed E-state index contributed by atoms with van der Waals surface area (Å²) in [6, 6.07) is 9.80. The fraction of sp³-hybridized carbons (Fsp3) is 0.393. The molecule has 194 valence electrons. The molecule has 1 atom stereocenters. The van der Waals surface area contributed by atoms with E-state index in [4.69, 9.17) is 0 Å². The van der Waals surface area contributed by atoms with E-state index in [1.807, 2.05) is 6.92 Å². The van der Waals surface area contributed by atoms with Gasteiger partial charge in [-0.05, 0) is 43.7 Å². The normalized spacial score (nSPS) is 17.3. The Labute approximate surface area is 210 Å². The highest BCUT2D eigenvalue weighted by atomic mass is 19.4. The molecule has 0 saturated heterocycles. The van der Waals surface area contributed by atoms with Crippen molar-refractivity contribution in [3.63, 3.8) is 0 Å². The van der Waals surface area contributed by atoms with Gasteiger partial charge in [0, 0.05) is 34.6 Å². The number of unbranched alkanes of at least 4 members (excludes halogenated alkanes) is 2. The van der Waals surface area contributed by atoms with Gasteiger partial charge in [-0.3, -0.25) is 0 Å². The Bertz CT molecular complexity index is 1130. The second-order valence-electron chi connectivity index (χ2n) is 8.91. The van der Waals surface area contributed by atoms with Crippen LogP contribution in [0.25, 0.3) is 5.70 Å². The zero-order chi connectivity index (χ0) is 26.3. The van der Waals surface area contributed by atoms with Crippen LogP contribution in [-0.2, 0) is 6.18 Å². The average molecular weight is 503 g/mol. The van der Waals surface area contributed by atoms with Gasteiger partial charge in [-0.15, -0.1) is 0 Å². The second-order valence-corrected chi connectivity index (χ2v) is 8.91. The zero-order valence-electron chi connectivity index (χ0n) is 21.0. The van der Waals surface area contributed by atoms with Crippen molar-refractivity contribution in [1.29, 1.82) is 0 Å². The number of rotatable bonds is 5. The van der Waals surface area contributed by atoms with Crippen molar-refractivity contribution in [1.82, 2.24) is 16.0 Å². The highest BCUT2D eigenvalue weighted by molar-refractivity contribution is 6.04. The molecule has 3 N–H and O–H groups in total. The van der Waals surface area contributed by atoms with Crippen molar-refractivity contribution in [2.24, 2.45) is 4.99 Å². The van der Waals surface area contributed by atoms with E-state index in [9.17, 15) is 17.6 Å². The van der Waals surface area contributed by atoms with Crippen LogP contribution in [0.4, 0.5) is 17.6 Å². The molecule has 4 rings (SSSR count). The molecular formula is C28H34F4N4. The van der Waals surface area contributed by atoms with Crippen molar-refractivity contribution in [3.05, 3.63) is 88.4 Å². The molecule has 2 heterocycles. The Morgan fingerprint density at radius 1 is 1.14 bits per heavy atom. The van der Waals surface area contributed by atoms with Crippen LogP contribution < -0.4 is 16.0 Å². The van der Waals surface area contributed by atoms with Crippen molar-refractivity contribution in [2.45, 2.75) is 58.8 Å². The number of amidine groups is 1. The van der Waals surface area contributed by atoms with E-state index in [-0.39, 0.29) is 5.56 Å². The topological polar surface area (TPSA) is 48.5 Å². The van der Waals surface area contributed by atoms with Crippen LogP contribution in [0.15, 0.2) is 65.3 Å². The van der Waals surface area contributed by atoms with Crippen LogP contribution in [-0.4, -0.2) is 18.9 Å². The standard InChI is InChI=1S/C23H22F4N4.C5H12/c1-13-7-8-15(24)11-18(13)14(2)29-22-17-9-10-28-12-20(17)30-21(31-22)16-5-3-4-6-19(16)23(25,26)27;1-3-5-4-2/h3-8,11,21,28,30H,2,9-10,12H2,1H3,(H,29,31);3-5H2,1-2H3. The molecule has 0 bridgehead atoms. The van der Waals surface area contributed by atoms with Gasteiger partial charge in [0.1, 0.15) is 17.8 Å². The Hall–Kier alpha value is -3.13. The summed E-state index contributed by atoms with van der Waals surface area (Å²) in [6.45, 7) is 11.5. The average Bonchev–Trinajstić information content (AvgIpc) is 2.85. The molecule has 0 fully saturated rings. The first-order chi connectivity index (χ1) is 17.2. The van der Waals surface area contributed by atoms with Crippen LogP contribution >= 0.6 is 0 Å². The predicted octanol–water partition coefficient (Wildman–Crippen LogP) is 6.86. The summed E-state index contributed by atoms with van der Waals surface area (Å²) in [6.07, 6.45) is -0.687. The third kappa shape index (κ3) is 6.75. The van der Waals surface area contributed by atoms with E-state index in [0.717, 1.165) is 29.4 Å². The lowest BCUT2D eigenvalue weighted by Gasteiger charge is -2.33. The summed E-state index contributed by atoms with van der Waals surface area (Å²) in [7, 11) is 0. The zero-order valence-corrected chi connectivity index (χ0v) is 21.0. The smallest absolute Gasteiger partial charge is 0.362 e. The van der Waals surface area contributed by atoms with Crippen LogP contribution in [0.2, 0.25) is 0 Å². The molecular weight excluding hydrogens is 468 g/mol. The van der Waals surface area contributed by atoms with E-state index in [0.29, 0.717) is 30.1 Å². The lowest BCUT2D eigenvalue weighted by Crippen LogP contribution is -2.42. The highest BCUT2D eigenvalue weighted by Crippen LogP contribution is 2.36. The first-order valence-electron chi connectivity index (χ1n) is 12.3. The van der Waals surface area contributed by atoms with Crippen LogP contribution in [0.5, 0.6) is 0 Å². The predicted molar refractivity (Wildman–Crippen MR) is 138 cm³/mol. The molecule has 36 heavy (non-hydrogen) atoms. The quantitative estimate of drug-likeness (QED) is 0.392. The number of aryl methyl sites for hydroxylation is 1. The minimum atomic E-state index is -4.50. The summed E-state index contributed by atoms with van der Waals surface area (Å²) >= 11 is 0. The maximum atomic E-state index is 13.8. The maximum absolute atomic E-state index is 13.8. The number of alkyl halides is 3. The first kappa shape index (κ1) is 27.5. The van der Waals surface area contributed by atoms with Crippen molar-refractivity contribution >= 4 is 11.5 Å². The molecule has 2 aromatic carbocycles. The third-order valence-electron chi connectivity index (χ3n) is 6.13. The summed E-state index contributed by atoms with van der Waals surface area (Å²) in [5, 5.41) is 9.52. The number of aliphatic imine (C=N–C) groups is 1. The van der Waals surface area contributed by atoms with Gasteiger partial charge < -0.3 is 16.0 Å². The van der Waals surface area contributed by atoms with Gasteiger partial charge in [-0.2, -0.15) is 13.2 Å². The highest BCUT2D eigenvalue weighted by Gasteiger charge is 2.36. The van der Waals surface area contributed by atoms with E-state index in [2.05, 4.69) is 41.4 Å². The lowest BCUT2D eigenvalue weighted by atomic mass is 9.98. The molecule has 0 aliphatic carbocycles. The molecule has 2 aromatic rings. The van der Waals surface area contributed by atoms with Gasteiger partial charge in [-0.1, -0.05) is 64.0 Å². The first-order valence-corrected chi connectivity index (χ1v) is 12.3. The summed E-state index contributed by atoms with van der Waals surface area (Å²) in [5.74, 6) is 0.0560. The van der Waals surface area contributed by atoms with Crippen molar-refractivity contribution in [3.8, 4) is 0 Å². The number of halogens is 4. The van der Waals surface area contributed by atoms with Gasteiger partial charge in [0.25, 0.3) is 0 Å². The Balaban J connectivity index is 0.000000658. The second kappa shape index (κ2) is 12.2. The number of nitrogens with one attached hydrogen (secondary N) is 3. The Morgan fingerprint density at radius 2 is 1.86 bits per heavy atom. The largest absolute Gasteiger partial charge is 0.416 e. The van der Waals surface area contributed by atoms with Gasteiger partial charge >= 0.3 is 6.18 Å². The van der Waals surface area contributed by atoms with E-state index >= 15 is 0 Å². The van der Waals surface area contributed by atoms with Gasteiger partial charge in [0.15, 0.2) is 0 Å². The minimum absolute atomic E-state index is 0.0407. The van der Waals surface area contributed by atoms with Crippen LogP contribution in [0.3, 0.4) is 0 Å². The molecule has 0 radical (unpaired) electrons. The maximum Gasteiger partial charge on any atom is 0.416 e. The number of benzene rings is 2. The Morgan fingerprint density at radius 3 is 2.53 bits per heavy atom. The van der Waals surface area contributed by atoms with Crippen LogP contribution in [0.1, 0.15) is 68.0 Å². The van der Waals surface area contributed by atoms with Crippen LogP contribution in [0, 0.1) is 12.7 Å². The molecule has 0 amide bonds. The van der Waals surface area contributed by atoms with E-state index < -0.39 is 23.7 Å². The molecule has 8 heteroatoms. The summed E-state index contributed by atoms with van der Waals surface area (Å²) in [5.41, 5.74) is 2.83. The molecule has 4 nitrogen and oxygen atoms in total. The molecule has 0 saturated carbocycles. The minimum Gasteiger partial charge on any atom is -0.362 e. The van der Waals surface area contributed by atoms with Crippen molar-refractivity contribution < 1.29 is 17.6 Å². The fourth-order valence-electron chi connectivity index (χ4n) is 4.22. The van der Waals surface area contributed by atoms with E-state index in [1.54, 1.807) is 12.1 Å². The summed E-state index contributed by atoms with van der Waals surface area (Å²) in [4.78, 5) is 4.58. The third-order valence-corrected chi connectivity index (χ3v) is 6.13. The SMILES string of the molecule is C=C(NC1=NC(c2ccccc2C(F)(F)F)NC2=C1CCNC2)c1cc(F)ccc1C.CCCCC.